The number of esters is 1. The highest BCUT2D eigenvalue weighted by Crippen LogP contribution is 2.39. The normalized spacial score (nSPS) is 16.3. The topological polar surface area (TPSA) is 79.4 Å². The minimum atomic E-state index is -0.408. The summed E-state index contributed by atoms with van der Waals surface area (Å²) in [7, 11) is 3.33. The van der Waals surface area contributed by atoms with Crippen molar-refractivity contribution in [2.75, 3.05) is 13.7 Å². The summed E-state index contributed by atoms with van der Waals surface area (Å²) in [4.78, 5) is 16.1. The van der Waals surface area contributed by atoms with E-state index in [1.165, 1.54) is 13.2 Å². The monoisotopic (exact) mass is 329 g/mol. The third-order valence-corrected chi connectivity index (χ3v) is 4.60. The standard InChI is InChI=1S/C18H23N3O3/c1-4-24-15-11-14-13(10-12(15)6-7-16(22)23-3)20-17(21(14)2)18(19)8-5-9-18/h6-7,10-11H,4-5,8-9,19H2,1-3H3/b7-6+. The maximum absolute atomic E-state index is 11.4. The summed E-state index contributed by atoms with van der Waals surface area (Å²) < 4.78 is 12.4. The molecule has 1 aliphatic carbocycles. The lowest BCUT2D eigenvalue weighted by molar-refractivity contribution is -0.134. The average Bonchev–Trinajstić information content (AvgIpc) is 2.87. The molecule has 1 fully saturated rings. The zero-order valence-corrected chi connectivity index (χ0v) is 14.3. The minimum Gasteiger partial charge on any atom is -0.493 e. The summed E-state index contributed by atoms with van der Waals surface area (Å²) in [5, 5.41) is 0. The molecule has 1 aliphatic rings. The van der Waals surface area contributed by atoms with Crippen LogP contribution in [0.3, 0.4) is 0 Å². The van der Waals surface area contributed by atoms with Gasteiger partial charge in [-0.05, 0) is 38.3 Å². The number of fused-ring (bicyclic) bond motifs is 1. The minimum absolute atomic E-state index is 0.332. The molecule has 24 heavy (non-hydrogen) atoms. The lowest BCUT2D eigenvalue weighted by Gasteiger charge is -2.37. The molecule has 0 unspecified atom stereocenters. The van der Waals surface area contributed by atoms with Gasteiger partial charge in [-0.1, -0.05) is 0 Å². The Hall–Kier alpha value is -2.34. The molecule has 1 aromatic carbocycles. The molecule has 0 saturated heterocycles. The number of hydrogen-bond acceptors (Lipinski definition) is 5. The second-order valence-corrected chi connectivity index (χ2v) is 6.17. The fourth-order valence-corrected chi connectivity index (χ4v) is 3.10. The Kier molecular flexibility index (Phi) is 4.32. The second kappa shape index (κ2) is 6.28. The van der Waals surface area contributed by atoms with Crippen LogP contribution in [0.25, 0.3) is 17.1 Å². The number of imidazole rings is 1. The Bertz CT molecular complexity index is 803. The Morgan fingerprint density at radius 2 is 2.21 bits per heavy atom. The fraction of sp³-hybridized carbons (Fsp3) is 0.444. The number of ether oxygens (including phenoxy) is 2. The van der Waals surface area contributed by atoms with Crippen LogP contribution in [-0.2, 0) is 22.1 Å². The van der Waals surface area contributed by atoms with Crippen molar-refractivity contribution in [3.05, 3.63) is 29.6 Å². The van der Waals surface area contributed by atoms with Crippen LogP contribution in [0.15, 0.2) is 18.2 Å². The van der Waals surface area contributed by atoms with E-state index >= 15 is 0 Å². The first-order valence-electron chi connectivity index (χ1n) is 8.17. The molecule has 1 saturated carbocycles. The number of carbonyl (C=O) groups excluding carboxylic acids is 1. The molecular formula is C18H23N3O3. The molecular weight excluding hydrogens is 306 g/mol. The number of benzene rings is 1. The quantitative estimate of drug-likeness (QED) is 0.673. The van der Waals surface area contributed by atoms with E-state index in [2.05, 4.69) is 4.74 Å². The van der Waals surface area contributed by atoms with E-state index in [0.717, 1.165) is 41.7 Å². The van der Waals surface area contributed by atoms with Crippen LogP contribution in [0.1, 0.15) is 37.6 Å². The molecule has 0 radical (unpaired) electrons. The summed E-state index contributed by atoms with van der Waals surface area (Å²) in [5.74, 6) is 1.20. The highest BCUT2D eigenvalue weighted by Gasteiger charge is 2.38. The number of aromatic nitrogens is 2. The number of carbonyl (C=O) groups is 1. The smallest absolute Gasteiger partial charge is 0.330 e. The first-order chi connectivity index (χ1) is 11.5. The molecule has 1 heterocycles. The van der Waals surface area contributed by atoms with Crippen LogP contribution in [0.4, 0.5) is 0 Å². The van der Waals surface area contributed by atoms with Crippen LogP contribution in [0.5, 0.6) is 5.75 Å². The number of aryl methyl sites for hydroxylation is 1. The zero-order chi connectivity index (χ0) is 17.3. The summed E-state index contributed by atoms with van der Waals surface area (Å²) in [6.07, 6.45) is 6.11. The molecule has 1 aromatic heterocycles. The highest BCUT2D eigenvalue weighted by molar-refractivity contribution is 5.89. The highest BCUT2D eigenvalue weighted by atomic mass is 16.5. The van der Waals surface area contributed by atoms with Crippen molar-refractivity contribution in [1.29, 1.82) is 0 Å². The van der Waals surface area contributed by atoms with E-state index in [0.29, 0.717) is 12.4 Å². The van der Waals surface area contributed by atoms with E-state index in [4.69, 9.17) is 15.5 Å². The maximum Gasteiger partial charge on any atom is 0.330 e. The lowest BCUT2D eigenvalue weighted by Crippen LogP contribution is -2.45. The van der Waals surface area contributed by atoms with Crippen LogP contribution < -0.4 is 10.5 Å². The number of methoxy groups -OCH3 is 1. The van der Waals surface area contributed by atoms with Crippen molar-refractivity contribution in [3.8, 4) is 5.75 Å². The summed E-state index contributed by atoms with van der Waals surface area (Å²) >= 11 is 0. The molecule has 0 bridgehead atoms. The van der Waals surface area contributed by atoms with Gasteiger partial charge in [0.2, 0.25) is 0 Å². The predicted octanol–water partition coefficient (Wildman–Crippen LogP) is 2.50. The van der Waals surface area contributed by atoms with Gasteiger partial charge in [0.25, 0.3) is 0 Å². The van der Waals surface area contributed by atoms with Crippen molar-refractivity contribution < 1.29 is 14.3 Å². The largest absolute Gasteiger partial charge is 0.493 e. The van der Waals surface area contributed by atoms with Gasteiger partial charge >= 0.3 is 5.97 Å². The molecule has 0 atom stereocenters. The van der Waals surface area contributed by atoms with Crippen LogP contribution in [-0.4, -0.2) is 29.2 Å². The average molecular weight is 329 g/mol. The van der Waals surface area contributed by atoms with Crippen molar-refractivity contribution in [1.82, 2.24) is 9.55 Å². The molecule has 128 valence electrons. The third-order valence-electron chi connectivity index (χ3n) is 4.60. The van der Waals surface area contributed by atoms with E-state index in [1.54, 1.807) is 6.08 Å². The summed E-state index contributed by atoms with van der Waals surface area (Å²) in [5.41, 5.74) is 8.73. The third kappa shape index (κ3) is 2.78. The van der Waals surface area contributed by atoms with Gasteiger partial charge in [-0.25, -0.2) is 9.78 Å². The molecule has 0 aliphatic heterocycles. The molecule has 6 heteroatoms. The Morgan fingerprint density at radius 3 is 2.79 bits per heavy atom. The van der Waals surface area contributed by atoms with Gasteiger partial charge in [-0.15, -0.1) is 0 Å². The second-order valence-electron chi connectivity index (χ2n) is 6.17. The zero-order valence-electron chi connectivity index (χ0n) is 14.3. The first-order valence-corrected chi connectivity index (χ1v) is 8.17. The van der Waals surface area contributed by atoms with Gasteiger partial charge in [-0.2, -0.15) is 0 Å². The predicted molar refractivity (Wildman–Crippen MR) is 92.6 cm³/mol. The van der Waals surface area contributed by atoms with Gasteiger partial charge in [0, 0.05) is 24.8 Å². The van der Waals surface area contributed by atoms with Crippen molar-refractivity contribution in [2.45, 2.75) is 31.7 Å². The summed E-state index contributed by atoms with van der Waals surface area (Å²) in [6, 6.07) is 3.87. The fourth-order valence-electron chi connectivity index (χ4n) is 3.10. The van der Waals surface area contributed by atoms with E-state index in [9.17, 15) is 4.79 Å². The Labute approximate surface area is 141 Å². The first kappa shape index (κ1) is 16.5. The van der Waals surface area contributed by atoms with E-state index < -0.39 is 5.97 Å². The van der Waals surface area contributed by atoms with Gasteiger partial charge in [0.1, 0.15) is 11.6 Å². The van der Waals surface area contributed by atoms with Crippen LogP contribution in [0, 0.1) is 0 Å². The van der Waals surface area contributed by atoms with E-state index in [-0.39, 0.29) is 5.54 Å². The van der Waals surface area contributed by atoms with Gasteiger partial charge < -0.3 is 19.8 Å². The molecule has 3 rings (SSSR count). The lowest BCUT2D eigenvalue weighted by atomic mass is 9.77. The molecule has 0 amide bonds. The van der Waals surface area contributed by atoms with Crippen molar-refractivity contribution in [2.24, 2.45) is 12.8 Å². The number of nitrogens with zero attached hydrogens (tertiary/aromatic N) is 2. The Morgan fingerprint density at radius 1 is 1.46 bits per heavy atom. The van der Waals surface area contributed by atoms with Crippen LogP contribution >= 0.6 is 0 Å². The molecule has 2 N–H and O–H groups in total. The molecule has 6 nitrogen and oxygen atoms in total. The molecule has 2 aromatic rings. The Balaban J connectivity index is 2.09. The van der Waals surface area contributed by atoms with E-state index in [1.807, 2.05) is 30.7 Å². The summed E-state index contributed by atoms with van der Waals surface area (Å²) in [6.45, 7) is 2.46. The number of nitrogens with two attached hydrogens (primary N) is 1. The van der Waals surface area contributed by atoms with Gasteiger partial charge in [0.15, 0.2) is 0 Å². The number of rotatable bonds is 5. The van der Waals surface area contributed by atoms with Gasteiger partial charge in [-0.3, -0.25) is 0 Å². The maximum atomic E-state index is 11.4. The van der Waals surface area contributed by atoms with Crippen molar-refractivity contribution >= 4 is 23.1 Å². The number of hydrogen-bond donors (Lipinski definition) is 1. The SMILES string of the molecule is CCOc1cc2c(cc1/C=C/C(=O)OC)nc(C1(N)CCC1)n2C. The van der Waals surface area contributed by atoms with Gasteiger partial charge in [0.05, 0.1) is 30.3 Å². The van der Waals surface area contributed by atoms with Crippen molar-refractivity contribution in [3.63, 3.8) is 0 Å². The van der Waals surface area contributed by atoms with Crippen LogP contribution in [0.2, 0.25) is 0 Å². The molecule has 0 spiro atoms.